The first-order valence-electron chi connectivity index (χ1n) is 5.41. The number of anilines is 1. The fourth-order valence-corrected chi connectivity index (χ4v) is 1.48. The first-order chi connectivity index (χ1) is 9.24. The predicted octanol–water partition coefficient (Wildman–Crippen LogP) is 3.32. The summed E-state index contributed by atoms with van der Waals surface area (Å²) in [5.41, 5.74) is 1.27. The van der Waals surface area contributed by atoms with Crippen molar-refractivity contribution in [1.29, 1.82) is 0 Å². The van der Waals surface area contributed by atoms with E-state index < -0.39 is 6.09 Å². The summed E-state index contributed by atoms with van der Waals surface area (Å²) in [6.45, 7) is 0. The van der Waals surface area contributed by atoms with Gasteiger partial charge in [-0.3, -0.25) is 15.1 Å². The van der Waals surface area contributed by atoms with Crippen LogP contribution in [0.5, 0.6) is 0 Å². The Kier molecular flexibility index (Phi) is 4.47. The van der Waals surface area contributed by atoms with Gasteiger partial charge in [-0.25, -0.2) is 4.79 Å². The van der Waals surface area contributed by atoms with Crippen molar-refractivity contribution in [1.82, 2.24) is 4.98 Å². The molecule has 1 heterocycles. The van der Waals surface area contributed by atoms with E-state index in [1.807, 2.05) is 0 Å². The molecule has 0 saturated carbocycles. The Morgan fingerprint density at radius 2 is 2.26 bits per heavy atom. The molecule has 1 N–H and O–H groups in total. The van der Waals surface area contributed by atoms with E-state index in [1.165, 1.54) is 6.21 Å². The Morgan fingerprint density at radius 1 is 1.37 bits per heavy atom. The number of nitrogens with zero attached hydrogens (tertiary/aromatic N) is 2. The molecule has 0 saturated heterocycles. The maximum atomic E-state index is 11.4. The van der Waals surface area contributed by atoms with Crippen LogP contribution in [0.1, 0.15) is 5.56 Å². The summed E-state index contributed by atoms with van der Waals surface area (Å²) in [6.07, 6.45) is 3.94. The molecular weight excluding hydrogens is 266 g/mol. The Bertz CT molecular complexity index is 587. The highest BCUT2D eigenvalue weighted by Crippen LogP contribution is 2.14. The number of oxime groups is 1. The lowest BCUT2D eigenvalue weighted by molar-refractivity contribution is 0.167. The molecule has 0 aliphatic heterocycles. The second kappa shape index (κ2) is 6.51. The molecule has 0 fully saturated rings. The zero-order valence-electron chi connectivity index (χ0n) is 9.79. The number of nitrogens with one attached hydrogen (secondary N) is 1. The standard InChI is InChI=1S/C13H10ClN3O2/c14-11-4-1-5-12(7-11)17-13(18)19-16-9-10-3-2-6-15-8-10/h1-9H,(H,17,18)/b16-9-. The molecule has 2 rings (SSSR count). The molecule has 1 aromatic heterocycles. The van der Waals surface area contributed by atoms with Crippen LogP contribution in [0.3, 0.4) is 0 Å². The monoisotopic (exact) mass is 275 g/mol. The van der Waals surface area contributed by atoms with Gasteiger partial charge in [-0.1, -0.05) is 28.9 Å². The quantitative estimate of drug-likeness (QED) is 0.531. The van der Waals surface area contributed by atoms with Crippen LogP contribution >= 0.6 is 11.6 Å². The number of benzene rings is 1. The first kappa shape index (κ1) is 13.0. The highest BCUT2D eigenvalue weighted by Gasteiger charge is 2.02. The molecule has 96 valence electrons. The predicted molar refractivity (Wildman–Crippen MR) is 73.4 cm³/mol. The highest BCUT2D eigenvalue weighted by atomic mass is 35.5. The molecule has 0 atom stereocenters. The van der Waals surface area contributed by atoms with Crippen LogP contribution < -0.4 is 5.32 Å². The van der Waals surface area contributed by atoms with Crippen LogP contribution in [-0.2, 0) is 4.84 Å². The lowest BCUT2D eigenvalue weighted by Crippen LogP contribution is -2.10. The fourth-order valence-electron chi connectivity index (χ4n) is 1.29. The number of pyridine rings is 1. The summed E-state index contributed by atoms with van der Waals surface area (Å²) in [4.78, 5) is 19.9. The maximum Gasteiger partial charge on any atom is 0.437 e. The lowest BCUT2D eigenvalue weighted by Gasteiger charge is -2.02. The topological polar surface area (TPSA) is 63.6 Å². The van der Waals surface area contributed by atoms with Gasteiger partial charge in [0.05, 0.1) is 6.21 Å². The summed E-state index contributed by atoms with van der Waals surface area (Å²) in [5.74, 6) is 0. The van der Waals surface area contributed by atoms with Gasteiger partial charge in [0.25, 0.3) is 0 Å². The van der Waals surface area contributed by atoms with Crippen molar-refractivity contribution in [2.75, 3.05) is 5.32 Å². The van der Waals surface area contributed by atoms with Crippen LogP contribution in [0.15, 0.2) is 53.9 Å². The van der Waals surface area contributed by atoms with Gasteiger partial charge in [-0.05, 0) is 24.3 Å². The Labute approximate surface area is 114 Å². The minimum atomic E-state index is -0.692. The lowest BCUT2D eigenvalue weighted by atomic mass is 10.3. The number of rotatable bonds is 3. The van der Waals surface area contributed by atoms with Gasteiger partial charge in [-0.2, -0.15) is 0 Å². The van der Waals surface area contributed by atoms with Gasteiger partial charge in [0.2, 0.25) is 0 Å². The Balaban J connectivity index is 1.87. The molecule has 2 aromatic rings. The van der Waals surface area contributed by atoms with E-state index in [9.17, 15) is 4.79 Å². The number of amides is 1. The summed E-state index contributed by atoms with van der Waals surface area (Å²) in [6, 6.07) is 10.3. The van der Waals surface area contributed by atoms with Gasteiger partial charge >= 0.3 is 6.09 Å². The van der Waals surface area contributed by atoms with Crippen LogP contribution in [0.2, 0.25) is 5.02 Å². The van der Waals surface area contributed by atoms with Crippen LogP contribution in [0, 0.1) is 0 Å². The first-order valence-corrected chi connectivity index (χ1v) is 5.79. The largest absolute Gasteiger partial charge is 0.437 e. The van der Waals surface area contributed by atoms with Crippen molar-refractivity contribution >= 4 is 29.6 Å². The Hall–Kier alpha value is -2.40. The minimum Gasteiger partial charge on any atom is -0.298 e. The van der Waals surface area contributed by atoms with E-state index in [0.29, 0.717) is 10.7 Å². The third-order valence-electron chi connectivity index (χ3n) is 2.09. The van der Waals surface area contributed by atoms with E-state index in [1.54, 1.807) is 48.8 Å². The van der Waals surface area contributed by atoms with Crippen LogP contribution in [-0.4, -0.2) is 17.3 Å². The van der Waals surface area contributed by atoms with Crippen LogP contribution in [0.4, 0.5) is 10.5 Å². The highest BCUT2D eigenvalue weighted by molar-refractivity contribution is 6.30. The van der Waals surface area contributed by atoms with Crippen molar-refractivity contribution < 1.29 is 9.63 Å². The number of carbonyl (C=O) groups excluding carboxylic acids is 1. The van der Waals surface area contributed by atoms with Crippen molar-refractivity contribution in [3.8, 4) is 0 Å². The summed E-state index contributed by atoms with van der Waals surface area (Å²) in [7, 11) is 0. The molecule has 0 spiro atoms. The van der Waals surface area contributed by atoms with E-state index in [2.05, 4.69) is 20.3 Å². The van der Waals surface area contributed by atoms with E-state index in [-0.39, 0.29) is 0 Å². The van der Waals surface area contributed by atoms with E-state index >= 15 is 0 Å². The fraction of sp³-hybridized carbons (Fsp3) is 0. The van der Waals surface area contributed by atoms with Gasteiger partial charge in [0, 0.05) is 28.7 Å². The molecule has 0 aliphatic carbocycles. The molecule has 6 heteroatoms. The molecular formula is C13H10ClN3O2. The molecule has 1 amide bonds. The molecule has 0 radical (unpaired) electrons. The SMILES string of the molecule is O=C(Nc1cccc(Cl)c1)O/N=C\c1cccnc1. The maximum absolute atomic E-state index is 11.4. The second-order valence-corrected chi connectivity index (χ2v) is 3.97. The number of hydrogen-bond acceptors (Lipinski definition) is 4. The number of halogens is 1. The normalized spacial score (nSPS) is 10.4. The van der Waals surface area contributed by atoms with E-state index in [0.717, 1.165) is 5.56 Å². The summed E-state index contributed by atoms with van der Waals surface area (Å²) < 4.78 is 0. The van der Waals surface area contributed by atoms with Crippen LogP contribution in [0.25, 0.3) is 0 Å². The van der Waals surface area contributed by atoms with E-state index in [4.69, 9.17) is 11.6 Å². The van der Waals surface area contributed by atoms with Crippen molar-refractivity contribution in [2.24, 2.45) is 5.16 Å². The van der Waals surface area contributed by atoms with Crippen molar-refractivity contribution in [3.05, 3.63) is 59.4 Å². The summed E-state index contributed by atoms with van der Waals surface area (Å²) in [5, 5.41) is 6.57. The molecule has 19 heavy (non-hydrogen) atoms. The zero-order valence-corrected chi connectivity index (χ0v) is 10.5. The molecule has 0 aliphatic rings. The molecule has 0 bridgehead atoms. The molecule has 1 aromatic carbocycles. The Morgan fingerprint density at radius 3 is 3.00 bits per heavy atom. The van der Waals surface area contributed by atoms with Gasteiger partial charge in [-0.15, -0.1) is 0 Å². The smallest absolute Gasteiger partial charge is 0.298 e. The zero-order chi connectivity index (χ0) is 13.5. The van der Waals surface area contributed by atoms with Gasteiger partial charge in [0.1, 0.15) is 0 Å². The number of carbonyl (C=O) groups is 1. The average Bonchev–Trinajstić information content (AvgIpc) is 2.40. The number of hydrogen-bond donors (Lipinski definition) is 1. The number of aromatic nitrogens is 1. The van der Waals surface area contributed by atoms with Crippen molar-refractivity contribution in [3.63, 3.8) is 0 Å². The molecule has 0 unspecified atom stereocenters. The van der Waals surface area contributed by atoms with Crippen molar-refractivity contribution in [2.45, 2.75) is 0 Å². The molecule has 5 nitrogen and oxygen atoms in total. The van der Waals surface area contributed by atoms with Gasteiger partial charge < -0.3 is 0 Å². The third kappa shape index (κ3) is 4.40. The summed E-state index contributed by atoms with van der Waals surface area (Å²) >= 11 is 5.78. The third-order valence-corrected chi connectivity index (χ3v) is 2.33. The average molecular weight is 276 g/mol. The minimum absolute atomic E-state index is 0.525. The van der Waals surface area contributed by atoms with Gasteiger partial charge in [0.15, 0.2) is 0 Å². The second-order valence-electron chi connectivity index (χ2n) is 3.53.